The molecule has 0 fully saturated rings. The van der Waals surface area contributed by atoms with Gasteiger partial charge in [-0.05, 0) is 78.3 Å². The van der Waals surface area contributed by atoms with Gasteiger partial charge in [0.2, 0.25) is 5.91 Å². The maximum atomic E-state index is 13.0. The number of nitrogens with zero attached hydrogens (tertiary/aromatic N) is 3. The van der Waals surface area contributed by atoms with Gasteiger partial charge in [0.1, 0.15) is 0 Å². The molecule has 2 aromatic carbocycles. The molecule has 3 rings (SSSR count). The minimum absolute atomic E-state index is 0.0709. The summed E-state index contributed by atoms with van der Waals surface area (Å²) in [4.78, 5) is 25.6. The van der Waals surface area contributed by atoms with E-state index in [0.717, 1.165) is 20.4 Å². The molecule has 2 N–H and O–H groups in total. The summed E-state index contributed by atoms with van der Waals surface area (Å²) in [6, 6.07) is 13.0. The van der Waals surface area contributed by atoms with Crippen molar-refractivity contribution in [1.29, 1.82) is 0 Å². The van der Waals surface area contributed by atoms with Gasteiger partial charge in [0.05, 0.1) is 11.8 Å². The average Bonchev–Trinajstić information content (AvgIpc) is 3.20. The Labute approximate surface area is 224 Å². The van der Waals surface area contributed by atoms with Gasteiger partial charge in [-0.2, -0.15) is 0 Å². The maximum absolute atomic E-state index is 13.0. The van der Waals surface area contributed by atoms with Gasteiger partial charge in [0.15, 0.2) is 11.0 Å². The molecular weight excluding hydrogens is 573 g/mol. The number of halogens is 1. The first-order valence-corrected chi connectivity index (χ1v) is 13.4. The summed E-state index contributed by atoms with van der Waals surface area (Å²) in [5.41, 5.74) is 3.42. The molecule has 0 aliphatic carbocycles. The number of amides is 2. The van der Waals surface area contributed by atoms with Crippen LogP contribution in [0.3, 0.4) is 0 Å². The zero-order valence-electron chi connectivity index (χ0n) is 20.3. The Bertz CT molecular complexity index is 1220. The van der Waals surface area contributed by atoms with Gasteiger partial charge < -0.3 is 15.2 Å². The maximum Gasteiger partial charge on any atom is 0.251 e. The van der Waals surface area contributed by atoms with Crippen LogP contribution in [0.25, 0.3) is 0 Å². The smallest absolute Gasteiger partial charge is 0.251 e. The lowest BCUT2D eigenvalue weighted by atomic mass is 10.0. The Morgan fingerprint density at radius 3 is 2.60 bits per heavy atom. The number of nitrogens with one attached hydrogen (secondary N) is 2. The van der Waals surface area contributed by atoms with Crippen molar-refractivity contribution in [3.05, 3.63) is 81.2 Å². The zero-order valence-corrected chi connectivity index (χ0v) is 23.3. The van der Waals surface area contributed by atoms with Crippen molar-refractivity contribution in [2.24, 2.45) is 5.92 Å². The SMILES string of the molecule is C=CCn1c(SCC(=O)Nc2ccc(I)cc2C)nnc1[C@@H](NC(=O)c1cccc(C)c1)C(C)C. The monoisotopic (exact) mass is 603 g/mol. The fourth-order valence-electron chi connectivity index (χ4n) is 3.56. The van der Waals surface area contributed by atoms with Crippen LogP contribution in [-0.4, -0.2) is 32.3 Å². The fraction of sp³-hybridized carbons (Fsp3) is 0.308. The lowest BCUT2D eigenvalue weighted by molar-refractivity contribution is -0.113. The standard InChI is InChI=1S/C26H30IN5O2S/c1-6-12-32-24(23(16(2)3)29-25(34)19-9-7-8-17(4)13-19)30-31-26(32)35-15-22(33)28-21-11-10-20(27)14-18(21)5/h6-11,13-14,16,23H,1,12,15H2,2-5H3,(H,28,33)(H,29,34)/t23-/m0/s1. The molecule has 1 heterocycles. The number of hydrogen-bond donors (Lipinski definition) is 2. The first kappa shape index (κ1) is 26.9. The molecule has 0 saturated heterocycles. The first-order chi connectivity index (χ1) is 16.7. The molecule has 0 saturated carbocycles. The van der Waals surface area contributed by atoms with E-state index in [-0.39, 0.29) is 29.5 Å². The first-order valence-electron chi connectivity index (χ1n) is 11.3. The second-order valence-corrected chi connectivity index (χ2v) is 10.8. The number of rotatable bonds is 10. The third-order valence-electron chi connectivity index (χ3n) is 5.36. The van der Waals surface area contributed by atoms with Crippen LogP contribution < -0.4 is 10.6 Å². The summed E-state index contributed by atoms with van der Waals surface area (Å²) in [6.45, 7) is 12.3. The van der Waals surface area contributed by atoms with Crippen LogP contribution in [0.5, 0.6) is 0 Å². The molecule has 2 amide bonds. The quantitative estimate of drug-likeness (QED) is 0.181. The summed E-state index contributed by atoms with van der Waals surface area (Å²) < 4.78 is 3.02. The van der Waals surface area contributed by atoms with E-state index in [1.54, 1.807) is 12.1 Å². The largest absolute Gasteiger partial charge is 0.342 e. The van der Waals surface area contributed by atoms with Crippen LogP contribution >= 0.6 is 34.4 Å². The molecule has 35 heavy (non-hydrogen) atoms. The fourth-order valence-corrected chi connectivity index (χ4v) is 4.96. The average molecular weight is 604 g/mol. The zero-order chi connectivity index (χ0) is 25.5. The number of carbonyl (C=O) groups excluding carboxylic acids is 2. The van der Waals surface area contributed by atoms with Crippen LogP contribution in [0.15, 0.2) is 60.3 Å². The molecule has 1 aromatic heterocycles. The molecule has 7 nitrogen and oxygen atoms in total. The summed E-state index contributed by atoms with van der Waals surface area (Å²) >= 11 is 3.55. The number of benzene rings is 2. The summed E-state index contributed by atoms with van der Waals surface area (Å²) in [6.07, 6.45) is 1.76. The highest BCUT2D eigenvalue weighted by Crippen LogP contribution is 2.26. The van der Waals surface area contributed by atoms with Gasteiger partial charge in [-0.3, -0.25) is 9.59 Å². The third-order valence-corrected chi connectivity index (χ3v) is 7.00. The Morgan fingerprint density at radius 1 is 1.17 bits per heavy atom. The highest BCUT2D eigenvalue weighted by molar-refractivity contribution is 14.1. The second-order valence-electron chi connectivity index (χ2n) is 8.60. The van der Waals surface area contributed by atoms with E-state index in [2.05, 4.69) is 50.0 Å². The third kappa shape index (κ3) is 7.17. The van der Waals surface area contributed by atoms with Gasteiger partial charge in [-0.1, -0.05) is 49.4 Å². The molecule has 0 radical (unpaired) electrons. The molecule has 0 unspecified atom stereocenters. The normalized spacial score (nSPS) is 11.8. The van der Waals surface area contributed by atoms with Crippen molar-refractivity contribution in [3.63, 3.8) is 0 Å². The van der Waals surface area contributed by atoms with Gasteiger partial charge >= 0.3 is 0 Å². The number of aryl methyl sites for hydroxylation is 2. The summed E-state index contributed by atoms with van der Waals surface area (Å²) in [5.74, 6) is 0.603. The van der Waals surface area contributed by atoms with Crippen LogP contribution in [-0.2, 0) is 11.3 Å². The van der Waals surface area contributed by atoms with Crippen molar-refractivity contribution in [2.75, 3.05) is 11.1 Å². The molecule has 1 atom stereocenters. The second kappa shape index (κ2) is 12.3. The number of thioether (sulfide) groups is 1. The Morgan fingerprint density at radius 2 is 1.94 bits per heavy atom. The van der Waals surface area contributed by atoms with E-state index in [4.69, 9.17) is 0 Å². The topological polar surface area (TPSA) is 88.9 Å². The van der Waals surface area contributed by atoms with E-state index in [1.165, 1.54) is 11.8 Å². The lowest BCUT2D eigenvalue weighted by Crippen LogP contribution is -2.34. The van der Waals surface area contributed by atoms with E-state index in [1.807, 2.05) is 68.7 Å². The number of anilines is 1. The van der Waals surface area contributed by atoms with Crippen molar-refractivity contribution in [3.8, 4) is 0 Å². The van der Waals surface area contributed by atoms with Crippen LogP contribution in [0.1, 0.15) is 47.2 Å². The minimum Gasteiger partial charge on any atom is -0.342 e. The van der Waals surface area contributed by atoms with Crippen molar-refractivity contribution in [1.82, 2.24) is 20.1 Å². The number of hydrogen-bond acceptors (Lipinski definition) is 5. The van der Waals surface area contributed by atoms with E-state index in [9.17, 15) is 9.59 Å². The van der Waals surface area contributed by atoms with Crippen molar-refractivity contribution >= 4 is 51.9 Å². The molecule has 0 aliphatic heterocycles. The Balaban J connectivity index is 1.75. The molecule has 0 spiro atoms. The van der Waals surface area contributed by atoms with Crippen LogP contribution in [0, 0.1) is 23.3 Å². The molecule has 3 aromatic rings. The number of carbonyl (C=O) groups is 2. The molecular formula is C26H30IN5O2S. The van der Waals surface area contributed by atoms with Crippen LogP contribution in [0.4, 0.5) is 5.69 Å². The summed E-state index contributed by atoms with van der Waals surface area (Å²) in [7, 11) is 0. The van der Waals surface area contributed by atoms with Crippen LogP contribution in [0.2, 0.25) is 0 Å². The van der Waals surface area contributed by atoms with E-state index < -0.39 is 0 Å². The van der Waals surface area contributed by atoms with Gasteiger partial charge in [0, 0.05) is 21.4 Å². The number of allylic oxidation sites excluding steroid dienone is 1. The number of aromatic nitrogens is 3. The highest BCUT2D eigenvalue weighted by Gasteiger charge is 2.26. The molecule has 0 aliphatic rings. The summed E-state index contributed by atoms with van der Waals surface area (Å²) in [5, 5.41) is 15.4. The van der Waals surface area contributed by atoms with Gasteiger partial charge in [-0.25, -0.2) is 0 Å². The lowest BCUT2D eigenvalue weighted by Gasteiger charge is -2.22. The molecule has 184 valence electrons. The molecule has 0 bridgehead atoms. The van der Waals surface area contributed by atoms with E-state index in [0.29, 0.717) is 23.1 Å². The Kier molecular flexibility index (Phi) is 9.50. The molecule has 9 heteroatoms. The Hall–Kier alpha value is -2.66. The van der Waals surface area contributed by atoms with Gasteiger partial charge in [0.25, 0.3) is 5.91 Å². The van der Waals surface area contributed by atoms with Gasteiger partial charge in [-0.15, -0.1) is 16.8 Å². The predicted octanol–water partition coefficient (Wildman–Crippen LogP) is 5.54. The van der Waals surface area contributed by atoms with Crippen molar-refractivity contribution < 1.29 is 9.59 Å². The highest BCUT2D eigenvalue weighted by atomic mass is 127. The minimum atomic E-state index is -0.354. The predicted molar refractivity (Wildman–Crippen MR) is 150 cm³/mol. The van der Waals surface area contributed by atoms with Crippen molar-refractivity contribution in [2.45, 2.75) is 45.4 Å². The van der Waals surface area contributed by atoms with E-state index >= 15 is 0 Å².